The van der Waals surface area contributed by atoms with Crippen LogP contribution in [0.5, 0.6) is 0 Å². The van der Waals surface area contributed by atoms with Crippen LogP contribution in [0.15, 0.2) is 59.5 Å². The van der Waals surface area contributed by atoms with Crippen molar-refractivity contribution in [2.45, 2.75) is 11.3 Å². The number of rotatable bonds is 5. The lowest BCUT2D eigenvalue weighted by molar-refractivity contribution is -0.116. The van der Waals surface area contributed by atoms with Crippen molar-refractivity contribution in [1.82, 2.24) is 0 Å². The van der Waals surface area contributed by atoms with E-state index in [4.69, 9.17) is 11.6 Å². The SMILES string of the molecule is O=C(CSc1ccccc1)Cc1ccccc1Cl. The van der Waals surface area contributed by atoms with Gasteiger partial charge in [-0.3, -0.25) is 4.79 Å². The molecule has 0 bridgehead atoms. The summed E-state index contributed by atoms with van der Waals surface area (Å²) in [4.78, 5) is 13.0. The van der Waals surface area contributed by atoms with Gasteiger partial charge in [0.25, 0.3) is 0 Å². The van der Waals surface area contributed by atoms with E-state index < -0.39 is 0 Å². The molecule has 0 fully saturated rings. The Hall–Kier alpha value is -1.25. The largest absolute Gasteiger partial charge is 0.298 e. The van der Waals surface area contributed by atoms with E-state index in [9.17, 15) is 4.79 Å². The zero-order valence-corrected chi connectivity index (χ0v) is 11.4. The smallest absolute Gasteiger partial charge is 0.147 e. The first-order valence-electron chi connectivity index (χ1n) is 5.68. The van der Waals surface area contributed by atoms with Crippen molar-refractivity contribution in [1.29, 1.82) is 0 Å². The van der Waals surface area contributed by atoms with Crippen molar-refractivity contribution >= 4 is 29.1 Å². The van der Waals surface area contributed by atoms with Crippen molar-refractivity contribution in [3.63, 3.8) is 0 Å². The first-order chi connectivity index (χ1) is 8.75. The summed E-state index contributed by atoms with van der Waals surface area (Å²) in [7, 11) is 0. The maximum Gasteiger partial charge on any atom is 0.147 e. The van der Waals surface area contributed by atoms with Gasteiger partial charge in [-0.15, -0.1) is 11.8 Å². The Labute approximate surface area is 116 Å². The van der Waals surface area contributed by atoms with Gasteiger partial charge in [0, 0.05) is 16.3 Å². The predicted octanol–water partition coefficient (Wildman–Crippen LogP) is 4.24. The fraction of sp³-hybridized carbons (Fsp3) is 0.133. The van der Waals surface area contributed by atoms with Gasteiger partial charge in [0.05, 0.1) is 5.75 Å². The van der Waals surface area contributed by atoms with Gasteiger partial charge in [0.2, 0.25) is 0 Å². The lowest BCUT2D eigenvalue weighted by Crippen LogP contribution is -2.05. The summed E-state index contributed by atoms with van der Waals surface area (Å²) in [6.07, 6.45) is 0.402. The molecule has 18 heavy (non-hydrogen) atoms. The number of ketones is 1. The molecule has 0 amide bonds. The average molecular weight is 277 g/mol. The number of carbonyl (C=O) groups is 1. The summed E-state index contributed by atoms with van der Waals surface area (Å²) >= 11 is 7.59. The Morgan fingerprint density at radius 1 is 1.00 bits per heavy atom. The number of carbonyl (C=O) groups excluding carboxylic acids is 1. The molecule has 2 aromatic rings. The van der Waals surface area contributed by atoms with Crippen LogP contribution in [0.2, 0.25) is 5.02 Å². The summed E-state index contributed by atoms with van der Waals surface area (Å²) in [6, 6.07) is 17.4. The predicted molar refractivity (Wildman–Crippen MR) is 77.3 cm³/mol. The molecule has 2 rings (SSSR count). The summed E-state index contributed by atoms with van der Waals surface area (Å²) in [5.74, 6) is 0.673. The molecule has 2 aromatic carbocycles. The molecule has 0 heterocycles. The summed E-state index contributed by atoms with van der Waals surface area (Å²) in [5.41, 5.74) is 0.901. The van der Waals surface area contributed by atoms with Crippen LogP contribution in [-0.4, -0.2) is 11.5 Å². The van der Waals surface area contributed by atoms with E-state index in [2.05, 4.69) is 0 Å². The number of halogens is 1. The average Bonchev–Trinajstić information content (AvgIpc) is 2.40. The summed E-state index contributed by atoms with van der Waals surface area (Å²) in [5, 5.41) is 0.663. The second kappa shape index (κ2) is 6.62. The van der Waals surface area contributed by atoms with Gasteiger partial charge in [-0.05, 0) is 23.8 Å². The van der Waals surface area contributed by atoms with Crippen molar-refractivity contribution in [3.8, 4) is 0 Å². The molecule has 92 valence electrons. The van der Waals surface area contributed by atoms with E-state index in [-0.39, 0.29) is 5.78 Å². The van der Waals surface area contributed by atoms with Crippen molar-refractivity contribution in [2.75, 3.05) is 5.75 Å². The fourth-order valence-electron chi connectivity index (χ4n) is 1.59. The first-order valence-corrected chi connectivity index (χ1v) is 7.05. The number of Topliss-reactive ketones (excluding diaryl/α,β-unsaturated/α-hetero) is 1. The van der Waals surface area contributed by atoms with Crippen LogP contribution in [0.3, 0.4) is 0 Å². The van der Waals surface area contributed by atoms with Crippen LogP contribution < -0.4 is 0 Å². The molecule has 0 saturated heterocycles. The van der Waals surface area contributed by atoms with E-state index in [0.717, 1.165) is 10.5 Å². The van der Waals surface area contributed by atoms with Gasteiger partial charge in [0.15, 0.2) is 0 Å². The van der Waals surface area contributed by atoms with Crippen LogP contribution in [0, 0.1) is 0 Å². The molecular weight excluding hydrogens is 264 g/mol. The van der Waals surface area contributed by atoms with Crippen LogP contribution in [0.25, 0.3) is 0 Å². The molecule has 0 saturated carbocycles. The standard InChI is InChI=1S/C15H13ClOS/c16-15-9-5-4-6-12(15)10-13(17)11-18-14-7-2-1-3-8-14/h1-9H,10-11H2. The zero-order valence-electron chi connectivity index (χ0n) is 9.80. The van der Waals surface area contributed by atoms with Crippen LogP contribution >= 0.6 is 23.4 Å². The summed E-state index contributed by atoms with van der Waals surface area (Å²) in [6.45, 7) is 0. The van der Waals surface area contributed by atoms with Gasteiger partial charge < -0.3 is 0 Å². The molecule has 0 aliphatic heterocycles. The van der Waals surface area contributed by atoms with Crippen molar-refractivity contribution in [2.24, 2.45) is 0 Å². The zero-order chi connectivity index (χ0) is 12.8. The van der Waals surface area contributed by atoms with Gasteiger partial charge in [-0.25, -0.2) is 0 Å². The third-order valence-corrected chi connectivity index (χ3v) is 3.93. The molecule has 0 aliphatic carbocycles. The lowest BCUT2D eigenvalue weighted by Gasteiger charge is -2.03. The molecule has 0 radical (unpaired) electrons. The monoisotopic (exact) mass is 276 g/mol. The van der Waals surface area contributed by atoms with Gasteiger partial charge in [0.1, 0.15) is 5.78 Å². The Morgan fingerprint density at radius 3 is 2.39 bits per heavy atom. The van der Waals surface area contributed by atoms with Crippen LogP contribution in [0.1, 0.15) is 5.56 Å². The quantitative estimate of drug-likeness (QED) is 0.760. The number of benzene rings is 2. The number of hydrogen-bond acceptors (Lipinski definition) is 2. The van der Waals surface area contributed by atoms with E-state index >= 15 is 0 Å². The highest BCUT2D eigenvalue weighted by Gasteiger charge is 2.07. The van der Waals surface area contributed by atoms with E-state index in [1.54, 1.807) is 11.8 Å². The normalized spacial score (nSPS) is 10.3. The molecule has 0 unspecified atom stereocenters. The molecule has 1 nitrogen and oxygen atoms in total. The second-order valence-electron chi connectivity index (χ2n) is 3.91. The first kappa shape index (κ1) is 13.2. The third kappa shape index (κ3) is 3.90. The topological polar surface area (TPSA) is 17.1 Å². The highest BCUT2D eigenvalue weighted by molar-refractivity contribution is 8.00. The van der Waals surface area contributed by atoms with Crippen LogP contribution in [0.4, 0.5) is 0 Å². The minimum absolute atomic E-state index is 0.192. The summed E-state index contributed by atoms with van der Waals surface area (Å²) < 4.78 is 0. The molecule has 0 spiro atoms. The Balaban J connectivity index is 1.88. The number of thioether (sulfide) groups is 1. The van der Waals surface area contributed by atoms with Crippen molar-refractivity contribution < 1.29 is 4.79 Å². The third-order valence-electron chi connectivity index (χ3n) is 2.49. The Bertz CT molecular complexity index is 525. The van der Waals surface area contributed by atoms with Gasteiger partial charge in [-0.2, -0.15) is 0 Å². The van der Waals surface area contributed by atoms with Crippen LogP contribution in [-0.2, 0) is 11.2 Å². The molecule has 0 N–H and O–H groups in total. The number of hydrogen-bond donors (Lipinski definition) is 0. The van der Waals surface area contributed by atoms with E-state index in [1.165, 1.54) is 0 Å². The van der Waals surface area contributed by atoms with Gasteiger partial charge >= 0.3 is 0 Å². The molecule has 0 aromatic heterocycles. The van der Waals surface area contributed by atoms with Crippen molar-refractivity contribution in [3.05, 3.63) is 65.2 Å². The highest BCUT2D eigenvalue weighted by atomic mass is 35.5. The Kier molecular flexibility index (Phi) is 4.85. The van der Waals surface area contributed by atoms with E-state index in [0.29, 0.717) is 17.2 Å². The minimum atomic E-state index is 0.192. The molecule has 0 aliphatic rings. The Morgan fingerprint density at radius 2 is 1.67 bits per heavy atom. The fourth-order valence-corrected chi connectivity index (χ4v) is 2.57. The van der Waals surface area contributed by atoms with Gasteiger partial charge in [-0.1, -0.05) is 48.0 Å². The second-order valence-corrected chi connectivity index (χ2v) is 5.36. The highest BCUT2D eigenvalue weighted by Crippen LogP contribution is 2.19. The minimum Gasteiger partial charge on any atom is -0.298 e. The maximum atomic E-state index is 11.9. The lowest BCUT2D eigenvalue weighted by atomic mass is 10.1. The molecule has 3 heteroatoms. The molecular formula is C15H13ClOS. The van der Waals surface area contributed by atoms with E-state index in [1.807, 2.05) is 54.6 Å². The maximum absolute atomic E-state index is 11.9. The molecule has 0 atom stereocenters.